The largest absolute Gasteiger partial charge is 0.497 e. The molecule has 148 valence electrons. The molecule has 7 heteroatoms. The summed E-state index contributed by atoms with van der Waals surface area (Å²) in [5.41, 5.74) is 0.217. The molecule has 4 aliphatic rings. The summed E-state index contributed by atoms with van der Waals surface area (Å²) in [6.45, 7) is -0.0569. The zero-order valence-corrected chi connectivity index (χ0v) is 16.8. The van der Waals surface area contributed by atoms with Gasteiger partial charge in [0.05, 0.1) is 7.11 Å². The Morgan fingerprint density at radius 3 is 2.29 bits per heavy atom. The quantitative estimate of drug-likeness (QED) is 0.794. The van der Waals surface area contributed by atoms with E-state index in [1.54, 1.807) is 42.7 Å². The summed E-state index contributed by atoms with van der Waals surface area (Å²) in [5, 5.41) is 13.3. The summed E-state index contributed by atoms with van der Waals surface area (Å²) in [6, 6.07) is 7.16. The van der Waals surface area contributed by atoms with Crippen LogP contribution in [0.5, 0.6) is 11.5 Å². The number of benzene rings is 1. The summed E-state index contributed by atoms with van der Waals surface area (Å²) >= 11 is 1.55. The van der Waals surface area contributed by atoms with E-state index in [-0.39, 0.29) is 17.9 Å². The van der Waals surface area contributed by atoms with E-state index in [1.807, 2.05) is 0 Å². The zero-order valence-electron chi connectivity index (χ0n) is 16.0. The molecular weight excluding hydrogens is 374 g/mol. The molecule has 1 heterocycles. The first-order valence-corrected chi connectivity index (χ1v) is 10.8. The molecular formula is C21H25N3O3S. The highest BCUT2D eigenvalue weighted by molar-refractivity contribution is 7.15. The van der Waals surface area contributed by atoms with Gasteiger partial charge in [-0.25, -0.2) is 0 Å². The number of ether oxygens (including phenoxy) is 2. The standard InChI is InChI=1S/C21H25N3O3S/c1-26-16-2-4-17(5-3-16)27-12-18(25)22-20-24-23-19(28-20)21-9-13-6-14(10-21)8-15(7-13)11-21/h2-5,13-15H,6-12H2,1H3,(H,22,24,25). The van der Waals surface area contributed by atoms with Crippen molar-refractivity contribution < 1.29 is 14.3 Å². The molecule has 0 unspecified atom stereocenters. The van der Waals surface area contributed by atoms with Gasteiger partial charge in [-0.1, -0.05) is 11.3 Å². The fourth-order valence-electron chi connectivity index (χ4n) is 5.84. The minimum Gasteiger partial charge on any atom is -0.497 e. The van der Waals surface area contributed by atoms with Crippen LogP contribution in [0, 0.1) is 17.8 Å². The van der Waals surface area contributed by atoms with Crippen molar-refractivity contribution in [2.24, 2.45) is 17.8 Å². The maximum absolute atomic E-state index is 12.2. The zero-order chi connectivity index (χ0) is 19.1. The van der Waals surface area contributed by atoms with Gasteiger partial charge in [-0.15, -0.1) is 10.2 Å². The van der Waals surface area contributed by atoms with Crippen LogP contribution in [-0.4, -0.2) is 29.8 Å². The van der Waals surface area contributed by atoms with Crippen molar-refractivity contribution in [3.63, 3.8) is 0 Å². The summed E-state index contributed by atoms with van der Waals surface area (Å²) in [6.07, 6.45) is 7.98. The van der Waals surface area contributed by atoms with Crippen LogP contribution in [0.2, 0.25) is 0 Å². The van der Waals surface area contributed by atoms with Gasteiger partial charge in [0.25, 0.3) is 5.91 Å². The summed E-state index contributed by atoms with van der Waals surface area (Å²) in [4.78, 5) is 12.2. The Labute approximate surface area is 168 Å². The minimum atomic E-state index is -0.218. The highest BCUT2D eigenvalue weighted by Crippen LogP contribution is 2.61. The van der Waals surface area contributed by atoms with Gasteiger partial charge in [0.2, 0.25) is 5.13 Å². The molecule has 1 aromatic carbocycles. The van der Waals surface area contributed by atoms with Crippen molar-refractivity contribution in [1.82, 2.24) is 10.2 Å². The fourth-order valence-corrected chi connectivity index (χ4v) is 6.81. The Balaban J connectivity index is 1.20. The van der Waals surface area contributed by atoms with E-state index in [4.69, 9.17) is 9.47 Å². The number of nitrogens with zero attached hydrogens (tertiary/aromatic N) is 2. The number of hydrogen-bond acceptors (Lipinski definition) is 6. The highest BCUT2D eigenvalue weighted by Gasteiger charge is 2.53. The first-order chi connectivity index (χ1) is 13.6. The van der Waals surface area contributed by atoms with E-state index >= 15 is 0 Å². The lowest BCUT2D eigenvalue weighted by atomic mass is 9.50. The molecule has 1 amide bonds. The molecule has 0 radical (unpaired) electrons. The molecule has 4 bridgehead atoms. The second-order valence-electron chi connectivity index (χ2n) is 8.62. The summed E-state index contributed by atoms with van der Waals surface area (Å²) in [7, 11) is 1.61. The predicted octanol–water partition coefficient (Wildman–Crippen LogP) is 4.03. The van der Waals surface area contributed by atoms with Crippen molar-refractivity contribution in [2.75, 3.05) is 19.0 Å². The first-order valence-electron chi connectivity index (χ1n) is 10.0. The van der Waals surface area contributed by atoms with Gasteiger partial charge in [-0.3, -0.25) is 10.1 Å². The van der Waals surface area contributed by atoms with Crippen LogP contribution in [-0.2, 0) is 10.2 Å². The second-order valence-corrected chi connectivity index (χ2v) is 9.60. The van der Waals surface area contributed by atoms with Crippen LogP contribution in [0.15, 0.2) is 24.3 Å². The Morgan fingerprint density at radius 2 is 1.68 bits per heavy atom. The number of amides is 1. The molecule has 1 aromatic heterocycles. The highest BCUT2D eigenvalue weighted by atomic mass is 32.1. The van der Waals surface area contributed by atoms with Gasteiger partial charge < -0.3 is 9.47 Å². The number of aromatic nitrogens is 2. The van der Waals surface area contributed by atoms with Crippen LogP contribution < -0.4 is 14.8 Å². The van der Waals surface area contributed by atoms with Gasteiger partial charge in [-0.05, 0) is 80.5 Å². The number of nitrogens with one attached hydrogen (secondary N) is 1. The van der Waals surface area contributed by atoms with Gasteiger partial charge in [0.15, 0.2) is 6.61 Å². The molecule has 0 saturated heterocycles. The average molecular weight is 400 g/mol. The van der Waals surface area contributed by atoms with Crippen molar-refractivity contribution in [3.8, 4) is 11.5 Å². The van der Waals surface area contributed by atoms with Crippen LogP contribution in [0.25, 0.3) is 0 Å². The van der Waals surface area contributed by atoms with E-state index < -0.39 is 0 Å². The van der Waals surface area contributed by atoms with Gasteiger partial charge >= 0.3 is 0 Å². The lowest BCUT2D eigenvalue weighted by Crippen LogP contribution is -2.48. The molecule has 0 atom stereocenters. The average Bonchev–Trinajstić information content (AvgIpc) is 3.15. The van der Waals surface area contributed by atoms with Gasteiger partial charge in [-0.2, -0.15) is 0 Å². The SMILES string of the molecule is COc1ccc(OCC(=O)Nc2nnc(C34CC5CC(CC(C5)C3)C4)s2)cc1. The van der Waals surface area contributed by atoms with E-state index in [0.29, 0.717) is 10.9 Å². The molecule has 2 aromatic rings. The molecule has 0 spiro atoms. The third-order valence-corrected chi connectivity index (χ3v) is 7.68. The number of anilines is 1. The molecule has 0 aliphatic heterocycles. The molecule has 6 nitrogen and oxygen atoms in total. The van der Waals surface area contributed by atoms with Gasteiger partial charge in [0, 0.05) is 5.41 Å². The number of methoxy groups -OCH3 is 1. The van der Waals surface area contributed by atoms with Crippen LogP contribution in [0.1, 0.15) is 43.5 Å². The van der Waals surface area contributed by atoms with Gasteiger partial charge in [0.1, 0.15) is 16.5 Å². The first kappa shape index (κ1) is 17.9. The van der Waals surface area contributed by atoms with E-state index in [9.17, 15) is 4.79 Å². The van der Waals surface area contributed by atoms with Crippen molar-refractivity contribution >= 4 is 22.4 Å². The maximum atomic E-state index is 12.2. The number of carbonyl (C=O) groups is 1. The van der Waals surface area contributed by atoms with E-state index in [1.165, 1.54) is 38.5 Å². The number of carbonyl (C=O) groups excluding carboxylic acids is 1. The van der Waals surface area contributed by atoms with E-state index in [0.717, 1.165) is 28.5 Å². The van der Waals surface area contributed by atoms with Crippen LogP contribution in [0.3, 0.4) is 0 Å². The topological polar surface area (TPSA) is 73.3 Å². The molecule has 6 rings (SSSR count). The maximum Gasteiger partial charge on any atom is 0.264 e. The van der Waals surface area contributed by atoms with Crippen molar-refractivity contribution in [3.05, 3.63) is 29.3 Å². The van der Waals surface area contributed by atoms with Crippen LogP contribution >= 0.6 is 11.3 Å². The number of hydrogen-bond donors (Lipinski definition) is 1. The predicted molar refractivity (Wildman–Crippen MR) is 107 cm³/mol. The monoisotopic (exact) mass is 399 g/mol. The smallest absolute Gasteiger partial charge is 0.264 e. The lowest BCUT2D eigenvalue weighted by Gasteiger charge is -2.55. The summed E-state index contributed by atoms with van der Waals surface area (Å²) < 4.78 is 10.7. The van der Waals surface area contributed by atoms with Crippen LogP contribution in [0.4, 0.5) is 5.13 Å². The normalized spacial score (nSPS) is 30.2. The molecule has 4 saturated carbocycles. The second kappa shape index (κ2) is 7.03. The molecule has 1 N–H and O–H groups in total. The molecule has 28 heavy (non-hydrogen) atoms. The summed E-state index contributed by atoms with van der Waals surface area (Å²) in [5.74, 6) is 3.76. The lowest BCUT2D eigenvalue weighted by molar-refractivity contribution is -0.118. The molecule has 4 aliphatic carbocycles. The van der Waals surface area contributed by atoms with E-state index in [2.05, 4.69) is 15.5 Å². The van der Waals surface area contributed by atoms with Crippen molar-refractivity contribution in [1.29, 1.82) is 0 Å². The minimum absolute atomic E-state index is 0.0569. The Hall–Kier alpha value is -2.15. The number of rotatable bonds is 6. The fraction of sp³-hybridized carbons (Fsp3) is 0.571. The Kier molecular flexibility index (Phi) is 4.50. The third-order valence-electron chi connectivity index (χ3n) is 6.59. The van der Waals surface area contributed by atoms with Crippen molar-refractivity contribution in [2.45, 2.75) is 43.9 Å². The molecule has 4 fully saturated rings. The third kappa shape index (κ3) is 3.36. The Bertz CT molecular complexity index is 829. The Morgan fingerprint density at radius 1 is 1.07 bits per heavy atom.